The summed E-state index contributed by atoms with van der Waals surface area (Å²) < 4.78 is 5.75. The van der Waals surface area contributed by atoms with Crippen LogP contribution < -0.4 is 15.4 Å². The van der Waals surface area contributed by atoms with Gasteiger partial charge in [0.1, 0.15) is 12.4 Å². The molecule has 2 aromatic rings. The lowest BCUT2D eigenvalue weighted by Crippen LogP contribution is -2.40. The molecule has 1 unspecified atom stereocenters. The number of rotatable bonds is 9. The number of likely N-dealkylation sites (N-methyl/N-ethyl adjacent to an activating group) is 1. The van der Waals surface area contributed by atoms with Crippen LogP contribution in [0.15, 0.2) is 59.6 Å². The zero-order valence-electron chi connectivity index (χ0n) is 17.8. The number of nitrogens with one attached hydrogen (secondary N) is 2. The van der Waals surface area contributed by atoms with Crippen molar-refractivity contribution in [1.82, 2.24) is 15.5 Å². The number of carbonyl (C=O) groups is 1. The van der Waals surface area contributed by atoms with Crippen molar-refractivity contribution in [2.24, 2.45) is 4.99 Å². The van der Waals surface area contributed by atoms with E-state index in [1.165, 1.54) is 0 Å². The summed E-state index contributed by atoms with van der Waals surface area (Å²) in [6.07, 6.45) is 0.906. The van der Waals surface area contributed by atoms with Crippen LogP contribution in [0, 0.1) is 0 Å². The highest BCUT2D eigenvalue weighted by atomic mass is 16.5. The second kappa shape index (κ2) is 11.7. The van der Waals surface area contributed by atoms with Gasteiger partial charge in [-0.2, -0.15) is 0 Å². The molecule has 1 amide bonds. The van der Waals surface area contributed by atoms with Crippen LogP contribution in [-0.4, -0.2) is 50.1 Å². The highest BCUT2D eigenvalue weighted by Gasteiger charge is 2.10. The van der Waals surface area contributed by atoms with Gasteiger partial charge in [-0.1, -0.05) is 37.3 Å². The molecule has 156 valence electrons. The zero-order chi connectivity index (χ0) is 21.1. The first-order valence-corrected chi connectivity index (χ1v) is 10.0. The predicted molar refractivity (Wildman–Crippen MR) is 118 cm³/mol. The smallest absolute Gasteiger partial charge is 0.251 e. The Labute approximate surface area is 174 Å². The SMILES string of the molecule is CCC(C)NC(=O)c1cccc(CNC(=NC)N(C)CCOc2ccccc2)c1. The molecule has 0 saturated heterocycles. The summed E-state index contributed by atoms with van der Waals surface area (Å²) >= 11 is 0. The monoisotopic (exact) mass is 396 g/mol. The number of carbonyl (C=O) groups excluding carboxylic acids is 1. The van der Waals surface area contributed by atoms with Gasteiger partial charge in [0.05, 0.1) is 6.54 Å². The molecule has 0 spiro atoms. The quantitative estimate of drug-likeness (QED) is 0.504. The third kappa shape index (κ3) is 7.49. The standard InChI is InChI=1S/C23H32N4O2/c1-5-18(2)26-22(28)20-11-9-10-19(16-20)17-25-23(24-3)27(4)14-15-29-21-12-7-6-8-13-21/h6-13,16,18H,5,14-15,17H2,1-4H3,(H,24,25)(H,26,28). The molecule has 29 heavy (non-hydrogen) atoms. The molecule has 1 atom stereocenters. The van der Waals surface area contributed by atoms with Crippen molar-refractivity contribution in [1.29, 1.82) is 0 Å². The molecule has 0 radical (unpaired) electrons. The summed E-state index contributed by atoms with van der Waals surface area (Å²) in [4.78, 5) is 18.7. The van der Waals surface area contributed by atoms with Crippen LogP contribution in [0.2, 0.25) is 0 Å². The van der Waals surface area contributed by atoms with Gasteiger partial charge in [0, 0.05) is 32.2 Å². The minimum atomic E-state index is -0.0410. The summed E-state index contributed by atoms with van der Waals surface area (Å²) in [5.74, 6) is 1.59. The molecule has 2 N–H and O–H groups in total. The van der Waals surface area contributed by atoms with Crippen molar-refractivity contribution in [3.05, 3.63) is 65.7 Å². The number of amides is 1. The Balaban J connectivity index is 1.85. The number of hydrogen-bond acceptors (Lipinski definition) is 3. The average molecular weight is 397 g/mol. The Hall–Kier alpha value is -3.02. The van der Waals surface area contributed by atoms with E-state index in [-0.39, 0.29) is 11.9 Å². The Kier molecular flexibility index (Phi) is 9.02. The molecule has 0 fully saturated rings. The molecule has 0 aliphatic heterocycles. The molecule has 0 aliphatic carbocycles. The van der Waals surface area contributed by atoms with Gasteiger partial charge in [-0.25, -0.2) is 0 Å². The lowest BCUT2D eigenvalue weighted by Gasteiger charge is -2.22. The first kappa shape index (κ1) is 22.3. The normalized spacial score (nSPS) is 12.2. The summed E-state index contributed by atoms with van der Waals surface area (Å²) in [6.45, 7) is 5.91. The summed E-state index contributed by atoms with van der Waals surface area (Å²) in [5, 5.41) is 6.34. The highest BCUT2D eigenvalue weighted by Crippen LogP contribution is 2.08. The second-order valence-corrected chi connectivity index (χ2v) is 6.97. The molecule has 2 rings (SSSR count). The number of ether oxygens (including phenoxy) is 1. The maximum Gasteiger partial charge on any atom is 0.251 e. The fourth-order valence-corrected chi connectivity index (χ4v) is 2.72. The van der Waals surface area contributed by atoms with E-state index < -0.39 is 0 Å². The Morgan fingerprint density at radius 1 is 1.17 bits per heavy atom. The first-order valence-electron chi connectivity index (χ1n) is 10.0. The minimum Gasteiger partial charge on any atom is -0.492 e. The van der Waals surface area contributed by atoms with Crippen molar-refractivity contribution >= 4 is 11.9 Å². The van der Waals surface area contributed by atoms with Gasteiger partial charge in [0.25, 0.3) is 5.91 Å². The van der Waals surface area contributed by atoms with Crippen LogP contribution in [0.1, 0.15) is 36.2 Å². The molecular formula is C23H32N4O2. The molecule has 6 nitrogen and oxygen atoms in total. The van der Waals surface area contributed by atoms with Crippen molar-refractivity contribution in [2.45, 2.75) is 32.9 Å². The summed E-state index contributed by atoms with van der Waals surface area (Å²) in [7, 11) is 3.73. The molecular weight excluding hydrogens is 364 g/mol. The van der Waals surface area contributed by atoms with Crippen LogP contribution in [0.4, 0.5) is 0 Å². The van der Waals surface area contributed by atoms with Crippen molar-refractivity contribution in [2.75, 3.05) is 27.2 Å². The molecule has 2 aromatic carbocycles. The maximum absolute atomic E-state index is 12.3. The number of nitrogens with zero attached hydrogens (tertiary/aromatic N) is 2. The van der Waals surface area contributed by atoms with Gasteiger partial charge in [-0.15, -0.1) is 0 Å². The number of hydrogen-bond donors (Lipinski definition) is 2. The van der Waals surface area contributed by atoms with E-state index in [0.717, 1.165) is 23.7 Å². The largest absolute Gasteiger partial charge is 0.492 e. The van der Waals surface area contributed by atoms with E-state index in [1.807, 2.05) is 73.5 Å². The summed E-state index contributed by atoms with van der Waals surface area (Å²) in [5.41, 5.74) is 1.70. The topological polar surface area (TPSA) is 66.0 Å². The van der Waals surface area contributed by atoms with Crippen molar-refractivity contribution in [3.8, 4) is 5.75 Å². The van der Waals surface area contributed by atoms with Crippen LogP contribution in [0.5, 0.6) is 5.75 Å². The second-order valence-electron chi connectivity index (χ2n) is 6.97. The number of para-hydroxylation sites is 1. The fourth-order valence-electron chi connectivity index (χ4n) is 2.72. The van der Waals surface area contributed by atoms with Crippen LogP contribution in [-0.2, 0) is 6.54 Å². The average Bonchev–Trinajstić information content (AvgIpc) is 2.75. The van der Waals surface area contributed by atoms with E-state index in [2.05, 4.69) is 22.5 Å². The van der Waals surface area contributed by atoms with E-state index in [0.29, 0.717) is 25.3 Å². The van der Waals surface area contributed by atoms with E-state index in [1.54, 1.807) is 7.05 Å². The fraction of sp³-hybridized carbons (Fsp3) is 0.391. The van der Waals surface area contributed by atoms with E-state index in [9.17, 15) is 4.79 Å². The van der Waals surface area contributed by atoms with Gasteiger partial charge in [0.2, 0.25) is 0 Å². The molecule has 0 bridgehead atoms. The van der Waals surface area contributed by atoms with Gasteiger partial charge in [-0.05, 0) is 43.2 Å². The van der Waals surface area contributed by atoms with Crippen LogP contribution in [0.25, 0.3) is 0 Å². The first-order chi connectivity index (χ1) is 14.0. The third-order valence-electron chi connectivity index (χ3n) is 4.64. The van der Waals surface area contributed by atoms with Gasteiger partial charge < -0.3 is 20.3 Å². The number of aliphatic imine (C=N–C) groups is 1. The van der Waals surface area contributed by atoms with Crippen molar-refractivity contribution < 1.29 is 9.53 Å². The minimum absolute atomic E-state index is 0.0410. The number of benzene rings is 2. The van der Waals surface area contributed by atoms with Crippen LogP contribution in [0.3, 0.4) is 0 Å². The Bertz CT molecular complexity index is 792. The van der Waals surface area contributed by atoms with Crippen LogP contribution >= 0.6 is 0 Å². The summed E-state index contributed by atoms with van der Waals surface area (Å²) in [6, 6.07) is 17.6. The molecule has 0 aromatic heterocycles. The van der Waals surface area contributed by atoms with Crippen molar-refractivity contribution in [3.63, 3.8) is 0 Å². The number of guanidine groups is 1. The van der Waals surface area contributed by atoms with Gasteiger partial charge in [-0.3, -0.25) is 9.79 Å². The molecule has 0 saturated carbocycles. The van der Waals surface area contributed by atoms with E-state index >= 15 is 0 Å². The van der Waals surface area contributed by atoms with Gasteiger partial charge in [0.15, 0.2) is 5.96 Å². The molecule has 6 heteroatoms. The van der Waals surface area contributed by atoms with E-state index in [4.69, 9.17) is 4.74 Å². The van der Waals surface area contributed by atoms with Gasteiger partial charge >= 0.3 is 0 Å². The maximum atomic E-state index is 12.3. The third-order valence-corrected chi connectivity index (χ3v) is 4.64. The Morgan fingerprint density at radius 3 is 2.62 bits per heavy atom. The lowest BCUT2D eigenvalue weighted by atomic mass is 10.1. The molecule has 0 aliphatic rings. The highest BCUT2D eigenvalue weighted by molar-refractivity contribution is 5.94. The zero-order valence-corrected chi connectivity index (χ0v) is 17.8. The molecule has 0 heterocycles. The Morgan fingerprint density at radius 2 is 1.93 bits per heavy atom. The lowest BCUT2D eigenvalue weighted by molar-refractivity contribution is 0.0939. The predicted octanol–water partition coefficient (Wildman–Crippen LogP) is 3.30.